The van der Waals surface area contributed by atoms with Gasteiger partial charge in [0.05, 0.1) is 0 Å². The molecule has 0 aliphatic rings. The van der Waals surface area contributed by atoms with Crippen molar-refractivity contribution in [3.8, 4) is 5.75 Å². The van der Waals surface area contributed by atoms with E-state index in [0.29, 0.717) is 15.9 Å². The first-order chi connectivity index (χ1) is 8.65. The third-order valence-corrected chi connectivity index (χ3v) is 2.79. The molecule has 0 spiro atoms. The monoisotopic (exact) mass is 284 g/mol. The highest BCUT2D eigenvalue weighted by atomic mass is 35.5. The molecule has 2 rings (SSSR count). The number of aromatic nitrogens is 3. The summed E-state index contributed by atoms with van der Waals surface area (Å²) in [6.45, 7) is 1.75. The number of amides is 1. The first-order valence-electron chi connectivity index (χ1n) is 4.99. The van der Waals surface area contributed by atoms with E-state index in [2.05, 4.69) is 20.1 Å². The van der Waals surface area contributed by atoms with Crippen LogP contribution in [0.3, 0.4) is 0 Å². The quantitative estimate of drug-likeness (QED) is 0.928. The van der Waals surface area contributed by atoms with E-state index in [4.69, 9.17) is 16.3 Å². The van der Waals surface area contributed by atoms with Gasteiger partial charge < -0.3 is 4.74 Å². The van der Waals surface area contributed by atoms with Crippen molar-refractivity contribution in [2.45, 2.75) is 6.92 Å². The van der Waals surface area contributed by atoms with E-state index in [1.54, 1.807) is 18.2 Å². The maximum atomic E-state index is 11.5. The number of nitrogens with one attached hydrogen (secondary N) is 1. The van der Waals surface area contributed by atoms with Crippen molar-refractivity contribution in [3.63, 3.8) is 0 Å². The molecule has 2 aromatic rings. The second-order valence-corrected chi connectivity index (χ2v) is 4.58. The zero-order valence-electron chi connectivity index (χ0n) is 9.38. The Morgan fingerprint density at radius 1 is 1.56 bits per heavy atom. The van der Waals surface area contributed by atoms with Crippen molar-refractivity contribution in [1.29, 1.82) is 0 Å². The highest BCUT2D eigenvalue weighted by Crippen LogP contribution is 2.21. The number of halogens is 1. The van der Waals surface area contributed by atoms with Gasteiger partial charge in [0, 0.05) is 16.6 Å². The maximum absolute atomic E-state index is 11.5. The molecule has 94 valence electrons. The van der Waals surface area contributed by atoms with Crippen LogP contribution in [0.25, 0.3) is 0 Å². The number of anilines is 1. The Balaban J connectivity index is 1.89. The molecule has 18 heavy (non-hydrogen) atoms. The molecule has 0 saturated heterocycles. The van der Waals surface area contributed by atoms with Crippen molar-refractivity contribution in [1.82, 2.24) is 14.8 Å². The van der Waals surface area contributed by atoms with E-state index < -0.39 is 0 Å². The molecule has 1 heterocycles. The Kier molecular flexibility index (Phi) is 4.06. The predicted octanol–water partition coefficient (Wildman–Crippen LogP) is 1.91. The third kappa shape index (κ3) is 3.38. The van der Waals surface area contributed by atoms with Gasteiger partial charge in [0.2, 0.25) is 5.13 Å². The molecule has 0 radical (unpaired) electrons. The summed E-state index contributed by atoms with van der Waals surface area (Å²) in [7, 11) is 0. The average Bonchev–Trinajstić information content (AvgIpc) is 2.80. The first-order valence-corrected chi connectivity index (χ1v) is 6.14. The van der Waals surface area contributed by atoms with Crippen LogP contribution < -0.4 is 10.1 Å². The minimum absolute atomic E-state index is 0.109. The molecule has 0 saturated carbocycles. The van der Waals surface area contributed by atoms with Gasteiger partial charge >= 0.3 is 0 Å². The normalized spacial score (nSPS) is 10.1. The zero-order valence-corrected chi connectivity index (χ0v) is 11.0. The van der Waals surface area contributed by atoms with Gasteiger partial charge in [-0.05, 0) is 35.9 Å². The van der Waals surface area contributed by atoms with Crippen LogP contribution in [0.2, 0.25) is 5.02 Å². The van der Waals surface area contributed by atoms with Gasteiger partial charge in [-0.2, -0.15) is 0 Å². The van der Waals surface area contributed by atoms with Gasteiger partial charge in [-0.15, -0.1) is 0 Å². The van der Waals surface area contributed by atoms with E-state index in [9.17, 15) is 4.79 Å². The second-order valence-electron chi connectivity index (χ2n) is 3.41. The summed E-state index contributed by atoms with van der Waals surface area (Å²) in [5.41, 5.74) is 0.868. The van der Waals surface area contributed by atoms with E-state index >= 15 is 0 Å². The molecule has 8 heteroatoms. The summed E-state index contributed by atoms with van der Waals surface area (Å²) in [6, 6.07) is 5.19. The number of benzene rings is 1. The van der Waals surface area contributed by atoms with Crippen LogP contribution in [-0.4, -0.2) is 27.3 Å². The van der Waals surface area contributed by atoms with E-state index in [1.165, 1.54) is 0 Å². The molecule has 0 aliphatic heterocycles. The minimum Gasteiger partial charge on any atom is -0.483 e. The maximum Gasteiger partial charge on any atom is 0.264 e. The van der Waals surface area contributed by atoms with Gasteiger partial charge in [0.15, 0.2) is 6.61 Å². The van der Waals surface area contributed by atoms with Crippen molar-refractivity contribution in [3.05, 3.63) is 28.8 Å². The standard InChI is InChI=1S/C10H9ClN4O2S/c1-6-4-7(11)2-3-8(6)17-5-9(16)12-10-13-14-15-18-10/h2-4H,5H2,1H3,(H,12,13,15,16). The fraction of sp³-hybridized carbons (Fsp3) is 0.200. The summed E-state index contributed by atoms with van der Waals surface area (Å²) >= 11 is 6.82. The average molecular weight is 285 g/mol. The Morgan fingerprint density at radius 3 is 3.06 bits per heavy atom. The lowest BCUT2D eigenvalue weighted by molar-refractivity contribution is -0.118. The first kappa shape index (κ1) is 12.7. The summed E-state index contributed by atoms with van der Waals surface area (Å²) in [6.07, 6.45) is 0. The van der Waals surface area contributed by atoms with Gasteiger partial charge in [-0.3, -0.25) is 10.1 Å². The van der Waals surface area contributed by atoms with Crippen molar-refractivity contribution in [2.75, 3.05) is 11.9 Å². The van der Waals surface area contributed by atoms with Crippen LogP contribution in [0.1, 0.15) is 5.56 Å². The topological polar surface area (TPSA) is 77.0 Å². The smallest absolute Gasteiger partial charge is 0.264 e. The number of carbonyl (C=O) groups excluding carboxylic acids is 1. The number of nitrogens with zero attached hydrogens (tertiary/aromatic N) is 3. The zero-order chi connectivity index (χ0) is 13.0. The Hall–Kier alpha value is -1.73. The largest absolute Gasteiger partial charge is 0.483 e. The van der Waals surface area contributed by atoms with E-state index in [-0.39, 0.29) is 12.5 Å². The highest BCUT2D eigenvalue weighted by Gasteiger charge is 2.07. The summed E-state index contributed by atoms with van der Waals surface area (Å²) in [5, 5.41) is 10.4. The summed E-state index contributed by atoms with van der Waals surface area (Å²) in [4.78, 5) is 11.5. The van der Waals surface area contributed by atoms with Gasteiger partial charge in [0.1, 0.15) is 5.75 Å². The van der Waals surface area contributed by atoms with Gasteiger partial charge in [0.25, 0.3) is 5.91 Å². The van der Waals surface area contributed by atoms with Crippen LogP contribution in [-0.2, 0) is 4.79 Å². The Labute approximate surface area is 112 Å². The Morgan fingerprint density at radius 2 is 2.39 bits per heavy atom. The van der Waals surface area contributed by atoms with Crippen LogP contribution in [0.15, 0.2) is 18.2 Å². The molecule has 0 fully saturated rings. The Bertz CT molecular complexity index is 547. The SMILES string of the molecule is Cc1cc(Cl)ccc1OCC(=O)Nc1nnns1. The third-order valence-electron chi connectivity index (χ3n) is 2.04. The lowest BCUT2D eigenvalue weighted by Gasteiger charge is -2.08. The van der Waals surface area contributed by atoms with Crippen molar-refractivity contribution >= 4 is 34.2 Å². The number of rotatable bonds is 4. The molecule has 0 bridgehead atoms. The molecule has 0 unspecified atom stereocenters. The minimum atomic E-state index is -0.317. The number of hydrogen-bond donors (Lipinski definition) is 1. The van der Waals surface area contributed by atoms with E-state index in [0.717, 1.165) is 17.1 Å². The molecule has 0 atom stereocenters. The molecule has 6 nitrogen and oxygen atoms in total. The fourth-order valence-corrected chi connectivity index (χ4v) is 1.86. The second kappa shape index (κ2) is 5.74. The number of aryl methyl sites for hydroxylation is 1. The molecular formula is C10H9ClN4O2S. The van der Waals surface area contributed by atoms with Crippen LogP contribution in [0.4, 0.5) is 5.13 Å². The molecule has 1 amide bonds. The van der Waals surface area contributed by atoms with E-state index in [1.807, 2.05) is 6.92 Å². The van der Waals surface area contributed by atoms with Crippen LogP contribution in [0, 0.1) is 6.92 Å². The van der Waals surface area contributed by atoms with Crippen molar-refractivity contribution in [2.24, 2.45) is 0 Å². The number of hydrogen-bond acceptors (Lipinski definition) is 6. The molecular weight excluding hydrogens is 276 g/mol. The lowest BCUT2D eigenvalue weighted by Crippen LogP contribution is -2.20. The molecule has 1 aromatic heterocycles. The lowest BCUT2D eigenvalue weighted by atomic mass is 10.2. The highest BCUT2D eigenvalue weighted by molar-refractivity contribution is 7.09. The van der Waals surface area contributed by atoms with Crippen LogP contribution in [0.5, 0.6) is 5.75 Å². The predicted molar refractivity (Wildman–Crippen MR) is 68.0 cm³/mol. The molecule has 1 N–H and O–H groups in total. The van der Waals surface area contributed by atoms with Gasteiger partial charge in [-0.25, -0.2) is 0 Å². The fourth-order valence-electron chi connectivity index (χ4n) is 1.26. The molecule has 0 aliphatic carbocycles. The summed E-state index contributed by atoms with van der Waals surface area (Å²) in [5.74, 6) is 0.299. The van der Waals surface area contributed by atoms with Crippen molar-refractivity contribution < 1.29 is 9.53 Å². The summed E-state index contributed by atoms with van der Waals surface area (Å²) < 4.78 is 8.90. The number of carbonyl (C=O) groups is 1. The number of ether oxygens (including phenoxy) is 1. The molecule has 1 aromatic carbocycles. The van der Waals surface area contributed by atoms with Crippen LogP contribution >= 0.6 is 23.1 Å². The van der Waals surface area contributed by atoms with Gasteiger partial charge in [-0.1, -0.05) is 21.2 Å².